The number of hydrogen-bond acceptors (Lipinski definition) is 3. The van der Waals surface area contributed by atoms with Gasteiger partial charge in [-0.05, 0) is 0 Å². The van der Waals surface area contributed by atoms with Gasteiger partial charge in [0.25, 0.3) is 0 Å². The normalized spacial score (nSPS) is 25.8. The summed E-state index contributed by atoms with van der Waals surface area (Å²) >= 11 is 0.362. The molecular formula is C21H26O3Se. The molecular weight excluding hydrogens is 379 g/mol. The van der Waals surface area contributed by atoms with Gasteiger partial charge in [-0.15, -0.1) is 0 Å². The molecule has 3 nitrogen and oxygen atoms in total. The average Bonchev–Trinajstić information content (AvgIpc) is 3.00. The second kappa shape index (κ2) is 8.73. The van der Waals surface area contributed by atoms with Gasteiger partial charge in [0.15, 0.2) is 0 Å². The van der Waals surface area contributed by atoms with Crippen molar-refractivity contribution in [2.75, 3.05) is 6.61 Å². The molecule has 0 N–H and O–H groups in total. The topological polar surface area (TPSA) is 35.5 Å². The van der Waals surface area contributed by atoms with Crippen molar-refractivity contribution in [1.82, 2.24) is 0 Å². The molecule has 3 unspecified atom stereocenters. The molecule has 25 heavy (non-hydrogen) atoms. The molecule has 2 aliphatic rings. The number of esters is 1. The number of carbonyl (C=O) groups excluding carboxylic acids is 1. The zero-order valence-electron chi connectivity index (χ0n) is 14.9. The molecule has 3 atom stereocenters. The fraction of sp³-hybridized carbons (Fsp3) is 0.476. The molecule has 0 amide bonds. The van der Waals surface area contributed by atoms with E-state index in [2.05, 4.69) is 36.4 Å². The van der Waals surface area contributed by atoms with Gasteiger partial charge < -0.3 is 0 Å². The van der Waals surface area contributed by atoms with Crippen LogP contribution in [0, 0.1) is 5.92 Å². The first-order valence-electron chi connectivity index (χ1n) is 9.14. The molecule has 1 aliphatic carbocycles. The van der Waals surface area contributed by atoms with Crippen molar-refractivity contribution in [3.63, 3.8) is 0 Å². The Kier molecular flexibility index (Phi) is 6.39. The zero-order chi connectivity index (χ0) is 17.6. The number of rotatable bonds is 6. The van der Waals surface area contributed by atoms with Gasteiger partial charge in [0.2, 0.25) is 0 Å². The van der Waals surface area contributed by atoms with Crippen molar-refractivity contribution < 1.29 is 14.3 Å². The second-order valence-electron chi connectivity index (χ2n) is 6.42. The van der Waals surface area contributed by atoms with Crippen LogP contribution in [-0.4, -0.2) is 33.6 Å². The van der Waals surface area contributed by atoms with Gasteiger partial charge in [-0.25, -0.2) is 0 Å². The predicted octanol–water partition coefficient (Wildman–Crippen LogP) is 3.79. The van der Waals surface area contributed by atoms with Crippen LogP contribution in [0.1, 0.15) is 39.5 Å². The van der Waals surface area contributed by atoms with Gasteiger partial charge in [0, 0.05) is 0 Å². The van der Waals surface area contributed by atoms with Crippen LogP contribution in [0.5, 0.6) is 0 Å². The molecule has 0 spiro atoms. The Morgan fingerprint density at radius 1 is 1.32 bits per heavy atom. The number of allylic oxidation sites excluding steroid dienone is 2. The summed E-state index contributed by atoms with van der Waals surface area (Å²) < 4.78 is 13.1. The van der Waals surface area contributed by atoms with E-state index >= 15 is 0 Å². The first-order chi connectivity index (χ1) is 12.2. The Balaban J connectivity index is 1.81. The van der Waals surface area contributed by atoms with E-state index in [0.717, 1.165) is 24.2 Å². The van der Waals surface area contributed by atoms with Gasteiger partial charge in [0.05, 0.1) is 0 Å². The molecule has 1 fully saturated rings. The average molecular weight is 405 g/mol. The Bertz CT molecular complexity index is 650. The molecule has 1 aromatic carbocycles. The molecule has 1 aromatic rings. The summed E-state index contributed by atoms with van der Waals surface area (Å²) in [6.45, 7) is 4.27. The summed E-state index contributed by atoms with van der Waals surface area (Å²) in [5, 5.41) is 0. The van der Waals surface area contributed by atoms with Crippen LogP contribution in [0.4, 0.5) is 0 Å². The molecule has 1 saturated carbocycles. The molecule has 0 aromatic heterocycles. The Hall–Kier alpha value is -1.51. The standard InChI is InChI=1S/C21H26O3Se/c1-3-5-13-17-19(21(22)23-4-2)16-12-9-14-18(20(16)24-17)25-15-10-7-6-8-11-15/h3,5-8,10-11,16,18,20H,4,9,12-14H2,1-2H3/b5-3+. The Morgan fingerprint density at radius 3 is 2.84 bits per heavy atom. The van der Waals surface area contributed by atoms with Crippen LogP contribution in [0.15, 0.2) is 53.8 Å². The van der Waals surface area contributed by atoms with Gasteiger partial charge in [-0.2, -0.15) is 0 Å². The minimum absolute atomic E-state index is 0.133. The molecule has 0 saturated heterocycles. The van der Waals surface area contributed by atoms with E-state index in [4.69, 9.17) is 9.47 Å². The molecule has 4 heteroatoms. The predicted molar refractivity (Wildman–Crippen MR) is 101 cm³/mol. The molecule has 1 heterocycles. The first kappa shape index (κ1) is 18.3. The van der Waals surface area contributed by atoms with Gasteiger partial charge in [-0.1, -0.05) is 0 Å². The summed E-state index contributed by atoms with van der Waals surface area (Å²) in [7, 11) is 0. The zero-order valence-corrected chi connectivity index (χ0v) is 16.7. The summed E-state index contributed by atoms with van der Waals surface area (Å²) in [5.74, 6) is 0.855. The summed E-state index contributed by atoms with van der Waals surface area (Å²) in [6.07, 6.45) is 8.25. The number of fused-ring (bicyclic) bond motifs is 1. The first-order valence-corrected chi connectivity index (χ1v) is 11.0. The van der Waals surface area contributed by atoms with Crippen molar-refractivity contribution >= 4 is 25.4 Å². The third kappa shape index (κ3) is 4.19. The number of benzene rings is 1. The van der Waals surface area contributed by atoms with Crippen LogP contribution in [0.2, 0.25) is 4.82 Å². The number of hydrogen-bond donors (Lipinski definition) is 0. The van der Waals surface area contributed by atoms with Crippen LogP contribution >= 0.6 is 0 Å². The molecule has 134 valence electrons. The number of carbonyl (C=O) groups is 1. The van der Waals surface area contributed by atoms with E-state index in [1.165, 1.54) is 10.9 Å². The van der Waals surface area contributed by atoms with Gasteiger partial charge >= 0.3 is 156 Å². The maximum absolute atomic E-state index is 12.6. The van der Waals surface area contributed by atoms with Crippen LogP contribution in [-0.2, 0) is 14.3 Å². The van der Waals surface area contributed by atoms with Crippen molar-refractivity contribution in [2.24, 2.45) is 5.92 Å². The minimum atomic E-state index is -0.178. The van der Waals surface area contributed by atoms with Gasteiger partial charge in [0.1, 0.15) is 0 Å². The maximum atomic E-state index is 12.6. The summed E-state index contributed by atoms with van der Waals surface area (Å²) in [5.41, 5.74) is 0.804. The van der Waals surface area contributed by atoms with E-state index < -0.39 is 0 Å². The van der Waals surface area contributed by atoms with Crippen LogP contribution in [0.25, 0.3) is 0 Å². The van der Waals surface area contributed by atoms with E-state index in [1.54, 1.807) is 0 Å². The summed E-state index contributed by atoms with van der Waals surface area (Å²) in [4.78, 5) is 13.1. The fourth-order valence-corrected chi connectivity index (χ4v) is 6.47. The fourth-order valence-electron chi connectivity index (χ4n) is 3.68. The van der Waals surface area contributed by atoms with Crippen LogP contribution in [0.3, 0.4) is 0 Å². The van der Waals surface area contributed by atoms with E-state index in [0.29, 0.717) is 32.8 Å². The molecule has 3 rings (SSSR count). The SMILES string of the molecule is C/C=C/CC1=C(C(=O)OCC)C2CCCC([Se]c3ccccc3)C2O1. The molecule has 0 bridgehead atoms. The van der Waals surface area contributed by atoms with Crippen molar-refractivity contribution in [2.45, 2.75) is 50.5 Å². The molecule has 1 aliphatic heterocycles. The monoisotopic (exact) mass is 406 g/mol. The Morgan fingerprint density at radius 2 is 2.12 bits per heavy atom. The third-order valence-electron chi connectivity index (χ3n) is 4.78. The van der Waals surface area contributed by atoms with E-state index in [1.807, 2.05) is 19.9 Å². The van der Waals surface area contributed by atoms with Crippen molar-refractivity contribution in [3.8, 4) is 0 Å². The van der Waals surface area contributed by atoms with Crippen molar-refractivity contribution in [1.29, 1.82) is 0 Å². The third-order valence-corrected chi connectivity index (χ3v) is 7.62. The van der Waals surface area contributed by atoms with E-state index in [9.17, 15) is 4.79 Å². The van der Waals surface area contributed by atoms with Crippen LogP contribution < -0.4 is 4.46 Å². The number of ether oxygens (including phenoxy) is 2. The second-order valence-corrected chi connectivity index (χ2v) is 9.17. The van der Waals surface area contributed by atoms with E-state index in [-0.39, 0.29) is 18.0 Å². The van der Waals surface area contributed by atoms with Gasteiger partial charge in [-0.3, -0.25) is 0 Å². The summed E-state index contributed by atoms with van der Waals surface area (Å²) in [6, 6.07) is 10.7. The Labute approximate surface area is 156 Å². The quantitative estimate of drug-likeness (QED) is 0.411. The molecule has 0 radical (unpaired) electrons. The van der Waals surface area contributed by atoms with Crippen molar-refractivity contribution in [3.05, 3.63) is 53.8 Å².